The molecule has 0 amide bonds. The molecule has 1 aliphatic heterocycles. The molecule has 1 fully saturated rings. The molecule has 1 aliphatic rings. The predicted octanol–water partition coefficient (Wildman–Crippen LogP) is 0.466. The van der Waals surface area contributed by atoms with E-state index in [0.29, 0.717) is 13.0 Å². The zero-order chi connectivity index (χ0) is 12.2. The Bertz CT molecular complexity index is 301. The summed E-state index contributed by atoms with van der Waals surface area (Å²) in [6, 6.07) is -0.142. The Morgan fingerprint density at radius 3 is 2.69 bits per heavy atom. The summed E-state index contributed by atoms with van der Waals surface area (Å²) in [6.45, 7) is 4.22. The van der Waals surface area contributed by atoms with E-state index in [1.165, 1.54) is 4.31 Å². The van der Waals surface area contributed by atoms with Crippen molar-refractivity contribution in [3.05, 3.63) is 0 Å². The van der Waals surface area contributed by atoms with Crippen molar-refractivity contribution >= 4 is 10.2 Å². The average molecular weight is 250 g/mol. The third-order valence-electron chi connectivity index (χ3n) is 2.73. The first-order valence-corrected chi connectivity index (χ1v) is 7.31. The molecule has 0 aromatic heterocycles. The van der Waals surface area contributed by atoms with Crippen molar-refractivity contribution in [3.63, 3.8) is 0 Å². The first-order valence-electron chi connectivity index (χ1n) is 5.87. The fourth-order valence-electron chi connectivity index (χ4n) is 2.09. The van der Waals surface area contributed by atoms with Crippen LogP contribution in [-0.4, -0.2) is 43.1 Å². The molecule has 1 heterocycles. The Balaban J connectivity index is 2.73. The molecule has 0 saturated carbocycles. The third-order valence-corrected chi connectivity index (χ3v) is 4.60. The monoisotopic (exact) mass is 250 g/mol. The van der Waals surface area contributed by atoms with E-state index in [-0.39, 0.29) is 18.7 Å². The van der Waals surface area contributed by atoms with Crippen LogP contribution in [0.15, 0.2) is 0 Å². The number of aliphatic hydroxyl groups is 1. The Morgan fingerprint density at radius 1 is 1.44 bits per heavy atom. The largest absolute Gasteiger partial charge is 0.396 e. The van der Waals surface area contributed by atoms with Crippen LogP contribution in [-0.2, 0) is 10.2 Å². The number of rotatable bonds is 5. The molecular weight excluding hydrogens is 228 g/mol. The van der Waals surface area contributed by atoms with Crippen molar-refractivity contribution < 1.29 is 13.5 Å². The van der Waals surface area contributed by atoms with Crippen molar-refractivity contribution in [1.82, 2.24) is 9.03 Å². The van der Waals surface area contributed by atoms with Gasteiger partial charge in [0.2, 0.25) is 0 Å². The molecule has 1 rings (SSSR count). The SMILES string of the molecule is CC(C)NS(=O)(=O)N1CCCCC1CCO. The third kappa shape index (κ3) is 3.69. The minimum Gasteiger partial charge on any atom is -0.396 e. The molecule has 1 saturated heterocycles. The van der Waals surface area contributed by atoms with Gasteiger partial charge in [0.15, 0.2) is 0 Å². The van der Waals surface area contributed by atoms with Gasteiger partial charge in [-0.1, -0.05) is 6.42 Å². The lowest BCUT2D eigenvalue weighted by atomic mass is 10.0. The van der Waals surface area contributed by atoms with Crippen molar-refractivity contribution in [3.8, 4) is 0 Å². The van der Waals surface area contributed by atoms with Crippen molar-refractivity contribution in [1.29, 1.82) is 0 Å². The predicted molar refractivity (Wildman–Crippen MR) is 63.2 cm³/mol. The van der Waals surface area contributed by atoms with E-state index in [4.69, 9.17) is 5.11 Å². The lowest BCUT2D eigenvalue weighted by Gasteiger charge is -2.34. The highest BCUT2D eigenvalue weighted by Crippen LogP contribution is 2.22. The second-order valence-electron chi connectivity index (χ2n) is 4.55. The molecule has 1 unspecified atom stereocenters. The molecule has 1 atom stereocenters. The van der Waals surface area contributed by atoms with E-state index in [2.05, 4.69) is 4.72 Å². The van der Waals surface area contributed by atoms with E-state index in [0.717, 1.165) is 19.3 Å². The van der Waals surface area contributed by atoms with Crippen LogP contribution in [0.2, 0.25) is 0 Å². The molecule has 2 N–H and O–H groups in total. The van der Waals surface area contributed by atoms with Crippen LogP contribution in [0.5, 0.6) is 0 Å². The zero-order valence-corrected chi connectivity index (χ0v) is 10.8. The quantitative estimate of drug-likeness (QED) is 0.745. The van der Waals surface area contributed by atoms with Crippen LogP contribution in [0.4, 0.5) is 0 Å². The molecule has 0 bridgehead atoms. The molecule has 16 heavy (non-hydrogen) atoms. The van der Waals surface area contributed by atoms with Gasteiger partial charge in [-0.25, -0.2) is 0 Å². The molecule has 0 aromatic carbocycles. The Kier molecular flexibility index (Phi) is 5.17. The molecule has 5 nitrogen and oxygen atoms in total. The molecule has 0 radical (unpaired) electrons. The van der Waals surface area contributed by atoms with Gasteiger partial charge < -0.3 is 5.11 Å². The van der Waals surface area contributed by atoms with Gasteiger partial charge >= 0.3 is 0 Å². The highest BCUT2D eigenvalue weighted by atomic mass is 32.2. The molecule has 96 valence electrons. The smallest absolute Gasteiger partial charge is 0.279 e. The molecular formula is C10H22N2O3S. The summed E-state index contributed by atoms with van der Waals surface area (Å²) in [7, 11) is -3.38. The number of hydrogen-bond acceptors (Lipinski definition) is 3. The number of hydrogen-bond donors (Lipinski definition) is 2. The molecule has 0 aromatic rings. The molecule has 6 heteroatoms. The van der Waals surface area contributed by atoms with E-state index >= 15 is 0 Å². The lowest BCUT2D eigenvalue weighted by molar-refractivity contribution is 0.190. The van der Waals surface area contributed by atoms with E-state index in [9.17, 15) is 8.42 Å². The summed E-state index contributed by atoms with van der Waals surface area (Å²) in [5, 5.41) is 8.94. The average Bonchev–Trinajstić information content (AvgIpc) is 2.17. The van der Waals surface area contributed by atoms with Crippen LogP contribution < -0.4 is 4.72 Å². The van der Waals surface area contributed by atoms with Crippen molar-refractivity contribution in [2.75, 3.05) is 13.2 Å². The number of nitrogens with one attached hydrogen (secondary N) is 1. The summed E-state index contributed by atoms with van der Waals surface area (Å²) in [5.41, 5.74) is 0. The van der Waals surface area contributed by atoms with Crippen LogP contribution in [0, 0.1) is 0 Å². The number of piperidine rings is 1. The van der Waals surface area contributed by atoms with Gasteiger partial charge in [0.25, 0.3) is 10.2 Å². The van der Waals surface area contributed by atoms with Crippen LogP contribution in [0.1, 0.15) is 39.5 Å². The normalized spacial score (nSPS) is 23.9. The summed E-state index contributed by atoms with van der Waals surface area (Å²) >= 11 is 0. The van der Waals surface area contributed by atoms with Gasteiger partial charge in [0.1, 0.15) is 0 Å². The lowest BCUT2D eigenvalue weighted by Crippen LogP contribution is -2.50. The Labute approximate surface area is 98.0 Å². The van der Waals surface area contributed by atoms with Crippen LogP contribution in [0.25, 0.3) is 0 Å². The maximum absolute atomic E-state index is 12.0. The zero-order valence-electron chi connectivity index (χ0n) is 10.0. The van der Waals surface area contributed by atoms with Gasteiger partial charge in [-0.05, 0) is 33.1 Å². The highest BCUT2D eigenvalue weighted by molar-refractivity contribution is 7.87. The van der Waals surface area contributed by atoms with Gasteiger partial charge in [0.05, 0.1) is 0 Å². The summed E-state index contributed by atoms with van der Waals surface area (Å²) in [4.78, 5) is 0. The van der Waals surface area contributed by atoms with Gasteiger partial charge in [-0.3, -0.25) is 0 Å². The topological polar surface area (TPSA) is 69.6 Å². The number of aliphatic hydroxyl groups excluding tert-OH is 1. The van der Waals surface area contributed by atoms with Crippen LogP contribution in [0.3, 0.4) is 0 Å². The van der Waals surface area contributed by atoms with E-state index < -0.39 is 10.2 Å². The second kappa shape index (κ2) is 5.95. The summed E-state index contributed by atoms with van der Waals surface area (Å²) in [5.74, 6) is 0. The minimum atomic E-state index is -3.38. The first kappa shape index (κ1) is 13.9. The molecule has 0 spiro atoms. The van der Waals surface area contributed by atoms with Gasteiger partial charge in [-0.2, -0.15) is 17.4 Å². The maximum atomic E-state index is 12.0. The van der Waals surface area contributed by atoms with Gasteiger partial charge in [0, 0.05) is 25.2 Å². The summed E-state index contributed by atoms with van der Waals surface area (Å²) < 4.78 is 28.1. The number of nitrogens with zero attached hydrogens (tertiary/aromatic N) is 1. The van der Waals surface area contributed by atoms with E-state index in [1.54, 1.807) is 0 Å². The minimum absolute atomic E-state index is 0.0400. The fraction of sp³-hybridized carbons (Fsp3) is 1.00. The Hall–Kier alpha value is -0.170. The maximum Gasteiger partial charge on any atom is 0.279 e. The second-order valence-corrected chi connectivity index (χ2v) is 6.21. The van der Waals surface area contributed by atoms with Crippen molar-refractivity contribution in [2.24, 2.45) is 0 Å². The fourth-order valence-corrected chi connectivity index (χ4v) is 3.80. The highest BCUT2D eigenvalue weighted by Gasteiger charge is 2.31. The van der Waals surface area contributed by atoms with E-state index in [1.807, 2.05) is 13.8 Å². The standard InChI is InChI=1S/C10H22N2O3S/c1-9(2)11-16(14,15)12-7-4-3-5-10(12)6-8-13/h9-11,13H,3-8H2,1-2H3. The van der Waals surface area contributed by atoms with Crippen LogP contribution >= 0.6 is 0 Å². The van der Waals surface area contributed by atoms with Gasteiger partial charge in [-0.15, -0.1) is 0 Å². The summed E-state index contributed by atoms with van der Waals surface area (Å²) in [6.07, 6.45) is 3.32. The molecule has 0 aliphatic carbocycles. The first-order chi connectivity index (χ1) is 7.47. The Morgan fingerprint density at radius 2 is 2.12 bits per heavy atom. The van der Waals surface area contributed by atoms with Crippen molar-refractivity contribution in [2.45, 2.75) is 51.6 Å².